The monoisotopic (exact) mass is 254 g/mol. The van der Waals surface area contributed by atoms with E-state index < -0.39 is 0 Å². The van der Waals surface area contributed by atoms with Gasteiger partial charge in [0, 0.05) is 0 Å². The van der Waals surface area contributed by atoms with Gasteiger partial charge in [-0.15, -0.1) is 0 Å². The highest BCUT2D eigenvalue weighted by Crippen LogP contribution is 2.20. The molecule has 0 N–H and O–H groups in total. The minimum absolute atomic E-state index is 0.818. The van der Waals surface area contributed by atoms with Crippen LogP contribution in [0.1, 0.15) is 38.7 Å². The van der Waals surface area contributed by atoms with Gasteiger partial charge < -0.3 is 4.74 Å². The van der Waals surface area contributed by atoms with Crippen molar-refractivity contribution >= 4 is 16.3 Å². The Hall–Kier alpha value is -1.76. The van der Waals surface area contributed by atoms with Crippen molar-refractivity contribution < 1.29 is 4.74 Å². The minimum atomic E-state index is 0.818. The van der Waals surface area contributed by atoms with E-state index in [1.807, 2.05) is 6.26 Å². The van der Waals surface area contributed by atoms with Gasteiger partial charge in [-0.2, -0.15) is 0 Å². The van der Waals surface area contributed by atoms with Crippen LogP contribution in [0.4, 0.5) is 0 Å². The number of allylic oxidation sites excluding steroid dienone is 1. The molecule has 0 bridgehead atoms. The first-order chi connectivity index (χ1) is 9.31. The summed E-state index contributed by atoms with van der Waals surface area (Å²) in [5.74, 6) is 0. The van der Waals surface area contributed by atoms with Crippen LogP contribution in [0.15, 0.2) is 48.7 Å². The highest BCUT2D eigenvalue weighted by atomic mass is 16.5. The lowest BCUT2D eigenvalue weighted by atomic mass is 10.0. The van der Waals surface area contributed by atoms with Crippen molar-refractivity contribution in [3.05, 3.63) is 54.3 Å². The average Bonchev–Trinajstić information content (AvgIpc) is 2.46. The Morgan fingerprint density at radius 3 is 2.63 bits per heavy atom. The van der Waals surface area contributed by atoms with Crippen molar-refractivity contribution in [2.24, 2.45) is 0 Å². The Balaban J connectivity index is 2.04. The third kappa shape index (κ3) is 3.85. The van der Waals surface area contributed by atoms with Gasteiger partial charge in [-0.1, -0.05) is 56.2 Å². The van der Waals surface area contributed by atoms with Gasteiger partial charge in [0.2, 0.25) is 0 Å². The highest BCUT2D eigenvalue weighted by molar-refractivity contribution is 5.85. The molecule has 2 aromatic rings. The molecule has 0 atom stereocenters. The number of benzene rings is 2. The first-order valence-electron chi connectivity index (χ1n) is 7.09. The van der Waals surface area contributed by atoms with Gasteiger partial charge in [0.15, 0.2) is 0 Å². The number of hydrogen-bond donors (Lipinski definition) is 0. The predicted molar refractivity (Wildman–Crippen MR) is 83.1 cm³/mol. The fourth-order valence-corrected chi connectivity index (χ4v) is 2.12. The van der Waals surface area contributed by atoms with Gasteiger partial charge in [0.25, 0.3) is 0 Å². The smallest absolute Gasteiger partial charge is 0.0873 e. The Morgan fingerprint density at radius 2 is 1.84 bits per heavy atom. The molecule has 1 nitrogen and oxygen atoms in total. The average molecular weight is 254 g/mol. The first-order valence-corrected chi connectivity index (χ1v) is 7.09. The standard InChI is InChI=1S/C18H22O/c1-3-4-7-12-19-14-15(2)17-11-10-16-8-5-6-9-18(16)13-17/h5-6,8-11,13-14H,3-4,7,12H2,1-2H3. The van der Waals surface area contributed by atoms with E-state index in [2.05, 4.69) is 56.3 Å². The van der Waals surface area contributed by atoms with Crippen LogP contribution < -0.4 is 0 Å². The van der Waals surface area contributed by atoms with Crippen LogP contribution in [0.2, 0.25) is 0 Å². The molecule has 0 fully saturated rings. The molecule has 1 heteroatoms. The second-order valence-electron chi connectivity index (χ2n) is 4.94. The van der Waals surface area contributed by atoms with Gasteiger partial charge in [0.1, 0.15) is 0 Å². The molecule has 19 heavy (non-hydrogen) atoms. The Bertz CT molecular complexity index is 554. The maximum Gasteiger partial charge on any atom is 0.0873 e. The topological polar surface area (TPSA) is 9.23 Å². The summed E-state index contributed by atoms with van der Waals surface area (Å²) in [4.78, 5) is 0. The van der Waals surface area contributed by atoms with Crippen LogP contribution >= 0.6 is 0 Å². The molecule has 2 rings (SSSR count). The normalized spacial score (nSPS) is 11.8. The molecule has 0 aliphatic carbocycles. The van der Waals surface area contributed by atoms with Crippen molar-refractivity contribution in [3.63, 3.8) is 0 Å². The van der Waals surface area contributed by atoms with E-state index in [-0.39, 0.29) is 0 Å². The van der Waals surface area contributed by atoms with Gasteiger partial charge in [-0.3, -0.25) is 0 Å². The van der Waals surface area contributed by atoms with Crippen molar-refractivity contribution in [1.82, 2.24) is 0 Å². The minimum Gasteiger partial charge on any atom is -0.501 e. The molecule has 0 heterocycles. The number of fused-ring (bicyclic) bond motifs is 1. The predicted octanol–water partition coefficient (Wildman–Crippen LogP) is 5.41. The summed E-state index contributed by atoms with van der Waals surface area (Å²) in [7, 11) is 0. The van der Waals surface area contributed by atoms with Gasteiger partial charge >= 0.3 is 0 Å². The lowest BCUT2D eigenvalue weighted by Gasteiger charge is -2.05. The van der Waals surface area contributed by atoms with Crippen LogP contribution in [0.5, 0.6) is 0 Å². The van der Waals surface area contributed by atoms with E-state index in [1.165, 1.54) is 34.8 Å². The molecule has 0 amide bonds. The molecule has 0 radical (unpaired) electrons. The lowest BCUT2D eigenvalue weighted by molar-refractivity contribution is 0.243. The molecule has 0 spiro atoms. The molecular formula is C18H22O. The summed E-state index contributed by atoms with van der Waals surface area (Å²) in [5.41, 5.74) is 2.41. The van der Waals surface area contributed by atoms with Crippen molar-refractivity contribution in [2.45, 2.75) is 33.1 Å². The van der Waals surface area contributed by atoms with Crippen molar-refractivity contribution in [3.8, 4) is 0 Å². The Morgan fingerprint density at radius 1 is 1.05 bits per heavy atom. The Kier molecular flexibility index (Phi) is 5.02. The number of ether oxygens (including phenoxy) is 1. The maximum atomic E-state index is 5.60. The van der Waals surface area contributed by atoms with E-state index in [9.17, 15) is 0 Å². The summed E-state index contributed by atoms with van der Waals surface area (Å²) < 4.78 is 5.60. The highest BCUT2D eigenvalue weighted by Gasteiger charge is 1.98. The molecule has 0 unspecified atom stereocenters. The third-order valence-electron chi connectivity index (χ3n) is 3.33. The second kappa shape index (κ2) is 6.98. The van der Waals surface area contributed by atoms with E-state index in [4.69, 9.17) is 4.74 Å². The maximum absolute atomic E-state index is 5.60. The molecule has 0 aromatic heterocycles. The third-order valence-corrected chi connectivity index (χ3v) is 3.33. The quantitative estimate of drug-likeness (QED) is 0.495. The molecule has 100 valence electrons. The fraction of sp³-hybridized carbons (Fsp3) is 0.333. The van der Waals surface area contributed by atoms with E-state index in [0.29, 0.717) is 0 Å². The molecule has 0 aliphatic rings. The summed E-state index contributed by atoms with van der Waals surface area (Å²) in [5, 5.41) is 2.56. The van der Waals surface area contributed by atoms with Gasteiger partial charge in [-0.25, -0.2) is 0 Å². The largest absolute Gasteiger partial charge is 0.501 e. The van der Waals surface area contributed by atoms with Crippen LogP contribution in [-0.2, 0) is 4.74 Å². The number of rotatable bonds is 6. The van der Waals surface area contributed by atoms with Crippen LogP contribution in [0, 0.1) is 0 Å². The van der Waals surface area contributed by atoms with Gasteiger partial charge in [-0.05, 0) is 41.3 Å². The van der Waals surface area contributed by atoms with E-state index in [0.717, 1.165) is 13.0 Å². The van der Waals surface area contributed by atoms with Crippen molar-refractivity contribution in [2.75, 3.05) is 6.61 Å². The summed E-state index contributed by atoms with van der Waals surface area (Å²) in [6.45, 7) is 5.12. The van der Waals surface area contributed by atoms with Crippen molar-refractivity contribution in [1.29, 1.82) is 0 Å². The van der Waals surface area contributed by atoms with E-state index >= 15 is 0 Å². The zero-order chi connectivity index (χ0) is 13.5. The first kappa shape index (κ1) is 13.7. The second-order valence-corrected chi connectivity index (χ2v) is 4.94. The number of hydrogen-bond acceptors (Lipinski definition) is 1. The SMILES string of the molecule is CCCCCOC=C(C)c1ccc2ccccc2c1. The fourth-order valence-electron chi connectivity index (χ4n) is 2.12. The van der Waals surface area contributed by atoms with Crippen LogP contribution in [-0.4, -0.2) is 6.61 Å². The van der Waals surface area contributed by atoms with E-state index in [1.54, 1.807) is 0 Å². The molecular weight excluding hydrogens is 232 g/mol. The van der Waals surface area contributed by atoms with Gasteiger partial charge in [0.05, 0.1) is 12.9 Å². The lowest BCUT2D eigenvalue weighted by Crippen LogP contribution is -1.89. The molecule has 0 aliphatic heterocycles. The van der Waals surface area contributed by atoms with Crippen LogP contribution in [0.25, 0.3) is 16.3 Å². The molecule has 2 aromatic carbocycles. The molecule has 0 saturated carbocycles. The zero-order valence-corrected chi connectivity index (χ0v) is 11.9. The summed E-state index contributed by atoms with van der Waals surface area (Å²) in [6.07, 6.45) is 5.50. The molecule has 0 saturated heterocycles. The zero-order valence-electron chi connectivity index (χ0n) is 11.9. The summed E-state index contributed by atoms with van der Waals surface area (Å²) >= 11 is 0. The Labute approximate surface area is 115 Å². The number of unbranched alkanes of at least 4 members (excludes halogenated alkanes) is 2. The van der Waals surface area contributed by atoms with Crippen LogP contribution in [0.3, 0.4) is 0 Å². The summed E-state index contributed by atoms with van der Waals surface area (Å²) in [6, 6.07) is 15.0.